The maximum absolute atomic E-state index is 11.2. The molecule has 1 saturated carbocycles. The van der Waals surface area contributed by atoms with E-state index < -0.39 is 5.97 Å². The van der Waals surface area contributed by atoms with E-state index in [1.165, 1.54) is 0 Å². The van der Waals surface area contributed by atoms with Crippen LogP contribution in [-0.4, -0.2) is 32.4 Å². The van der Waals surface area contributed by atoms with E-state index in [1.807, 2.05) is 0 Å². The second-order valence-corrected chi connectivity index (χ2v) is 5.94. The standard InChI is InChI=1S/C15H19BrO5/c1-19-11-7-10(16)14(20-2)13(15(11)21-3)9(6-12(17)18)8-4-5-8/h7-9H,4-6H2,1-3H3,(H,17,18). The Labute approximate surface area is 132 Å². The van der Waals surface area contributed by atoms with Gasteiger partial charge in [-0.2, -0.15) is 0 Å². The number of methoxy groups -OCH3 is 3. The van der Waals surface area contributed by atoms with Crippen molar-refractivity contribution in [2.75, 3.05) is 21.3 Å². The van der Waals surface area contributed by atoms with Crippen LogP contribution >= 0.6 is 15.9 Å². The lowest BCUT2D eigenvalue weighted by molar-refractivity contribution is -0.137. The minimum absolute atomic E-state index is 0.0526. The Kier molecular flexibility index (Phi) is 4.98. The fraction of sp³-hybridized carbons (Fsp3) is 0.533. The minimum Gasteiger partial charge on any atom is -0.495 e. The van der Waals surface area contributed by atoms with Crippen LogP contribution in [0.2, 0.25) is 0 Å². The van der Waals surface area contributed by atoms with Gasteiger partial charge in [0, 0.05) is 17.5 Å². The molecule has 2 rings (SSSR count). The zero-order chi connectivity index (χ0) is 15.6. The Morgan fingerprint density at radius 3 is 2.33 bits per heavy atom. The molecule has 116 valence electrons. The number of aliphatic carboxylic acids is 1. The molecule has 0 bridgehead atoms. The highest BCUT2D eigenvalue weighted by molar-refractivity contribution is 9.10. The molecule has 5 nitrogen and oxygen atoms in total. The van der Waals surface area contributed by atoms with Gasteiger partial charge in [0.2, 0.25) is 0 Å². The van der Waals surface area contributed by atoms with Crippen molar-refractivity contribution in [2.24, 2.45) is 5.92 Å². The fourth-order valence-electron chi connectivity index (χ4n) is 2.71. The smallest absolute Gasteiger partial charge is 0.303 e. The van der Waals surface area contributed by atoms with E-state index in [0.29, 0.717) is 23.2 Å². The first-order valence-corrected chi connectivity index (χ1v) is 7.52. The van der Waals surface area contributed by atoms with Gasteiger partial charge in [0.1, 0.15) is 5.75 Å². The number of carboxylic acid groups (broad SMARTS) is 1. The quantitative estimate of drug-likeness (QED) is 0.808. The van der Waals surface area contributed by atoms with E-state index >= 15 is 0 Å². The van der Waals surface area contributed by atoms with Gasteiger partial charge in [-0.1, -0.05) is 0 Å². The first kappa shape index (κ1) is 15.9. The van der Waals surface area contributed by atoms with E-state index in [-0.39, 0.29) is 12.3 Å². The van der Waals surface area contributed by atoms with E-state index in [0.717, 1.165) is 22.9 Å². The maximum Gasteiger partial charge on any atom is 0.303 e. The van der Waals surface area contributed by atoms with E-state index in [1.54, 1.807) is 27.4 Å². The molecular weight excluding hydrogens is 340 g/mol. The van der Waals surface area contributed by atoms with Crippen molar-refractivity contribution in [3.05, 3.63) is 16.1 Å². The number of rotatable bonds is 7. The summed E-state index contributed by atoms with van der Waals surface area (Å²) in [5.74, 6) is 1.12. The molecule has 1 aromatic rings. The summed E-state index contributed by atoms with van der Waals surface area (Å²) >= 11 is 3.46. The Morgan fingerprint density at radius 2 is 1.90 bits per heavy atom. The molecule has 0 amide bonds. The molecule has 0 aromatic heterocycles. The van der Waals surface area contributed by atoms with E-state index in [2.05, 4.69) is 15.9 Å². The molecule has 1 fully saturated rings. The number of carboxylic acids is 1. The fourth-order valence-corrected chi connectivity index (χ4v) is 3.29. The van der Waals surface area contributed by atoms with Gasteiger partial charge < -0.3 is 19.3 Å². The summed E-state index contributed by atoms with van der Waals surface area (Å²) in [5.41, 5.74) is 0.774. The maximum atomic E-state index is 11.2. The summed E-state index contributed by atoms with van der Waals surface area (Å²) in [7, 11) is 4.68. The van der Waals surface area contributed by atoms with Gasteiger partial charge in [-0.25, -0.2) is 0 Å². The predicted octanol–water partition coefficient (Wildman–Crippen LogP) is 3.44. The number of halogens is 1. The van der Waals surface area contributed by atoms with Crippen molar-refractivity contribution in [1.29, 1.82) is 0 Å². The van der Waals surface area contributed by atoms with Gasteiger partial charge in [0.15, 0.2) is 11.5 Å². The van der Waals surface area contributed by atoms with Crippen molar-refractivity contribution in [3.8, 4) is 17.2 Å². The molecule has 1 atom stereocenters. The molecule has 1 aliphatic carbocycles. The number of hydrogen-bond donors (Lipinski definition) is 1. The zero-order valence-corrected chi connectivity index (χ0v) is 13.9. The van der Waals surface area contributed by atoms with Crippen molar-refractivity contribution in [1.82, 2.24) is 0 Å². The molecular formula is C15H19BrO5. The van der Waals surface area contributed by atoms with Crippen molar-refractivity contribution >= 4 is 21.9 Å². The van der Waals surface area contributed by atoms with Crippen LogP contribution in [0.4, 0.5) is 0 Å². The van der Waals surface area contributed by atoms with Gasteiger partial charge >= 0.3 is 5.97 Å². The third kappa shape index (κ3) is 3.26. The van der Waals surface area contributed by atoms with Gasteiger partial charge in [-0.15, -0.1) is 0 Å². The Bertz CT molecular complexity index is 539. The molecule has 1 aliphatic rings. The SMILES string of the molecule is COc1cc(Br)c(OC)c(C(CC(=O)O)C2CC2)c1OC. The molecule has 6 heteroatoms. The number of hydrogen-bond acceptors (Lipinski definition) is 4. The summed E-state index contributed by atoms with van der Waals surface area (Å²) in [6.45, 7) is 0. The van der Waals surface area contributed by atoms with Gasteiger partial charge in [-0.3, -0.25) is 4.79 Å². The van der Waals surface area contributed by atoms with Crippen LogP contribution in [0.5, 0.6) is 17.2 Å². The second kappa shape index (κ2) is 6.56. The highest BCUT2D eigenvalue weighted by Crippen LogP contribution is 2.54. The second-order valence-electron chi connectivity index (χ2n) is 5.08. The van der Waals surface area contributed by atoms with Gasteiger partial charge in [0.25, 0.3) is 0 Å². The Balaban J connectivity index is 2.61. The van der Waals surface area contributed by atoms with Crippen molar-refractivity contribution in [2.45, 2.75) is 25.2 Å². The van der Waals surface area contributed by atoms with Crippen LogP contribution < -0.4 is 14.2 Å². The van der Waals surface area contributed by atoms with Gasteiger partial charge in [-0.05, 0) is 34.7 Å². The van der Waals surface area contributed by atoms with Crippen LogP contribution in [0.1, 0.15) is 30.7 Å². The average molecular weight is 359 g/mol. The normalized spacial score (nSPS) is 15.4. The Hall–Kier alpha value is -1.43. The van der Waals surface area contributed by atoms with Crippen LogP contribution in [0.3, 0.4) is 0 Å². The van der Waals surface area contributed by atoms with Crippen molar-refractivity contribution < 1.29 is 24.1 Å². The third-order valence-electron chi connectivity index (χ3n) is 3.77. The minimum atomic E-state index is -0.824. The molecule has 0 saturated heterocycles. The van der Waals surface area contributed by atoms with Crippen LogP contribution in [-0.2, 0) is 4.79 Å². The molecule has 1 aromatic carbocycles. The number of benzene rings is 1. The highest BCUT2D eigenvalue weighted by atomic mass is 79.9. The lowest BCUT2D eigenvalue weighted by atomic mass is 9.89. The first-order chi connectivity index (χ1) is 10.0. The van der Waals surface area contributed by atoms with E-state index in [4.69, 9.17) is 14.2 Å². The molecule has 0 spiro atoms. The summed E-state index contributed by atoms with van der Waals surface area (Å²) in [4.78, 5) is 11.2. The highest BCUT2D eigenvalue weighted by Gasteiger charge is 2.38. The predicted molar refractivity (Wildman–Crippen MR) is 81.5 cm³/mol. The third-order valence-corrected chi connectivity index (χ3v) is 4.36. The molecule has 0 radical (unpaired) electrons. The van der Waals surface area contributed by atoms with Crippen LogP contribution in [0, 0.1) is 5.92 Å². The average Bonchev–Trinajstić information content (AvgIpc) is 3.27. The van der Waals surface area contributed by atoms with Crippen molar-refractivity contribution in [3.63, 3.8) is 0 Å². The topological polar surface area (TPSA) is 65.0 Å². The summed E-state index contributed by atoms with van der Waals surface area (Å²) in [5, 5.41) is 9.22. The molecule has 0 aliphatic heterocycles. The molecule has 21 heavy (non-hydrogen) atoms. The molecule has 0 heterocycles. The van der Waals surface area contributed by atoms with Crippen LogP contribution in [0.25, 0.3) is 0 Å². The number of carbonyl (C=O) groups is 1. The zero-order valence-electron chi connectivity index (χ0n) is 12.3. The molecule has 1 N–H and O–H groups in total. The summed E-state index contributed by atoms with van der Waals surface area (Å²) in [6, 6.07) is 1.77. The lowest BCUT2D eigenvalue weighted by Gasteiger charge is -2.23. The van der Waals surface area contributed by atoms with Gasteiger partial charge in [0.05, 0.1) is 32.2 Å². The van der Waals surface area contributed by atoms with Crippen LogP contribution in [0.15, 0.2) is 10.5 Å². The first-order valence-electron chi connectivity index (χ1n) is 6.73. The monoisotopic (exact) mass is 358 g/mol. The Morgan fingerprint density at radius 1 is 1.29 bits per heavy atom. The lowest BCUT2D eigenvalue weighted by Crippen LogP contribution is -2.12. The molecule has 1 unspecified atom stereocenters. The number of ether oxygens (including phenoxy) is 3. The van der Waals surface area contributed by atoms with E-state index in [9.17, 15) is 9.90 Å². The largest absolute Gasteiger partial charge is 0.495 e. The summed E-state index contributed by atoms with van der Waals surface area (Å²) < 4.78 is 17.1. The summed E-state index contributed by atoms with van der Waals surface area (Å²) in [6.07, 6.45) is 2.11.